The van der Waals surface area contributed by atoms with Gasteiger partial charge in [0.2, 0.25) is 0 Å². The fourth-order valence-corrected chi connectivity index (χ4v) is 4.21. The Labute approximate surface area is 168 Å². The molecule has 27 heavy (non-hydrogen) atoms. The van der Waals surface area contributed by atoms with Gasteiger partial charge in [-0.15, -0.1) is 11.3 Å². The number of amides is 1. The van der Waals surface area contributed by atoms with Gasteiger partial charge in [-0.05, 0) is 29.2 Å². The highest BCUT2D eigenvalue weighted by atomic mass is 35.5. The maximum absolute atomic E-state index is 12.8. The molecule has 6 heteroatoms. The van der Waals surface area contributed by atoms with Crippen LogP contribution in [0.5, 0.6) is 11.5 Å². The van der Waals surface area contributed by atoms with E-state index in [-0.39, 0.29) is 11.3 Å². The van der Waals surface area contributed by atoms with Crippen molar-refractivity contribution < 1.29 is 14.3 Å². The molecule has 0 unspecified atom stereocenters. The van der Waals surface area contributed by atoms with E-state index in [0.29, 0.717) is 27.1 Å². The van der Waals surface area contributed by atoms with Crippen LogP contribution in [-0.2, 0) is 5.41 Å². The SMILES string of the molecule is COc1ccc(NC(=O)c2sc3cc(C(C)(C)C)ccc3c2Cl)c(OC)c1. The van der Waals surface area contributed by atoms with Crippen LogP contribution < -0.4 is 14.8 Å². The minimum atomic E-state index is -0.262. The Bertz CT molecular complexity index is 1000. The molecule has 0 aliphatic heterocycles. The van der Waals surface area contributed by atoms with E-state index in [0.717, 1.165) is 10.1 Å². The van der Waals surface area contributed by atoms with Gasteiger partial charge in [-0.2, -0.15) is 0 Å². The number of rotatable bonds is 4. The summed E-state index contributed by atoms with van der Waals surface area (Å²) in [5.41, 5.74) is 1.80. The van der Waals surface area contributed by atoms with Crippen LogP contribution >= 0.6 is 22.9 Å². The molecule has 0 spiro atoms. The number of anilines is 1. The van der Waals surface area contributed by atoms with Gasteiger partial charge in [0.15, 0.2) is 0 Å². The Morgan fingerprint density at radius 1 is 1.07 bits per heavy atom. The number of fused-ring (bicyclic) bond motifs is 1. The van der Waals surface area contributed by atoms with Gasteiger partial charge in [0, 0.05) is 16.2 Å². The predicted octanol–water partition coefficient (Wildman–Crippen LogP) is 6.12. The lowest BCUT2D eigenvalue weighted by Crippen LogP contribution is -2.11. The second-order valence-corrected chi connectivity index (χ2v) is 8.66. The van der Waals surface area contributed by atoms with Crippen molar-refractivity contribution >= 4 is 44.6 Å². The quantitative estimate of drug-likeness (QED) is 0.570. The van der Waals surface area contributed by atoms with Gasteiger partial charge in [0.1, 0.15) is 16.4 Å². The van der Waals surface area contributed by atoms with Gasteiger partial charge in [-0.25, -0.2) is 0 Å². The lowest BCUT2D eigenvalue weighted by atomic mass is 9.87. The zero-order valence-electron chi connectivity index (χ0n) is 16.0. The van der Waals surface area contributed by atoms with Gasteiger partial charge in [-0.3, -0.25) is 4.79 Å². The molecule has 3 rings (SSSR count). The van der Waals surface area contributed by atoms with Gasteiger partial charge in [0.25, 0.3) is 5.91 Å². The summed E-state index contributed by atoms with van der Waals surface area (Å²) < 4.78 is 11.5. The lowest BCUT2D eigenvalue weighted by molar-refractivity contribution is 0.103. The molecule has 0 aliphatic carbocycles. The third kappa shape index (κ3) is 3.89. The highest BCUT2D eigenvalue weighted by Gasteiger charge is 2.21. The van der Waals surface area contributed by atoms with E-state index in [4.69, 9.17) is 21.1 Å². The van der Waals surface area contributed by atoms with Crippen LogP contribution in [-0.4, -0.2) is 20.1 Å². The van der Waals surface area contributed by atoms with Crippen LogP contribution in [0.15, 0.2) is 36.4 Å². The van der Waals surface area contributed by atoms with E-state index >= 15 is 0 Å². The van der Waals surface area contributed by atoms with Crippen molar-refractivity contribution in [1.29, 1.82) is 0 Å². The Balaban J connectivity index is 1.95. The van der Waals surface area contributed by atoms with Gasteiger partial charge in [-0.1, -0.05) is 44.5 Å². The number of carbonyl (C=O) groups excluding carboxylic acids is 1. The van der Waals surface area contributed by atoms with E-state index in [2.05, 4.69) is 38.2 Å². The molecule has 0 fully saturated rings. The number of hydrogen-bond acceptors (Lipinski definition) is 4. The molecule has 0 radical (unpaired) electrons. The Hall–Kier alpha value is -2.24. The molecular weight excluding hydrogens is 382 g/mol. The first-order valence-corrected chi connectivity index (χ1v) is 9.70. The fraction of sp³-hybridized carbons (Fsp3) is 0.286. The second kappa shape index (κ2) is 7.41. The number of benzene rings is 2. The first-order valence-electron chi connectivity index (χ1n) is 8.50. The van der Waals surface area contributed by atoms with Crippen molar-refractivity contribution in [2.45, 2.75) is 26.2 Å². The Kier molecular flexibility index (Phi) is 5.36. The van der Waals surface area contributed by atoms with Crippen LogP contribution in [0.4, 0.5) is 5.69 Å². The number of ether oxygens (including phenoxy) is 2. The molecule has 0 atom stereocenters. The Morgan fingerprint density at radius 3 is 2.44 bits per heavy atom. The standard InChI is InChI=1S/C21H22ClNO3S/c1-21(2,3)12-6-8-14-17(10-12)27-19(18(14)22)20(24)23-15-9-7-13(25-4)11-16(15)26-5/h6-11H,1-5H3,(H,23,24). The second-order valence-electron chi connectivity index (χ2n) is 7.23. The molecule has 0 bridgehead atoms. The number of nitrogens with one attached hydrogen (secondary N) is 1. The monoisotopic (exact) mass is 403 g/mol. The van der Waals surface area contributed by atoms with E-state index < -0.39 is 0 Å². The summed E-state index contributed by atoms with van der Waals surface area (Å²) in [7, 11) is 3.13. The zero-order chi connectivity index (χ0) is 19.8. The van der Waals surface area contributed by atoms with E-state index in [1.807, 2.05) is 6.07 Å². The van der Waals surface area contributed by atoms with Crippen LogP contribution in [0.1, 0.15) is 36.0 Å². The van der Waals surface area contributed by atoms with Crippen molar-refractivity contribution in [3.8, 4) is 11.5 Å². The molecular formula is C21H22ClNO3S. The summed E-state index contributed by atoms with van der Waals surface area (Å²) in [6.45, 7) is 6.48. The maximum atomic E-state index is 12.8. The number of halogens is 1. The Morgan fingerprint density at radius 2 is 1.81 bits per heavy atom. The average Bonchev–Trinajstić information content (AvgIpc) is 2.97. The van der Waals surface area contributed by atoms with Crippen LogP contribution in [0.2, 0.25) is 5.02 Å². The third-order valence-electron chi connectivity index (χ3n) is 4.36. The van der Waals surface area contributed by atoms with Gasteiger partial charge in [0.05, 0.1) is 24.9 Å². The predicted molar refractivity (Wildman–Crippen MR) is 113 cm³/mol. The summed E-state index contributed by atoms with van der Waals surface area (Å²) in [5.74, 6) is 0.913. The van der Waals surface area contributed by atoms with Gasteiger partial charge < -0.3 is 14.8 Å². The molecule has 3 aromatic rings. The molecule has 4 nitrogen and oxygen atoms in total. The van der Waals surface area contributed by atoms with Gasteiger partial charge >= 0.3 is 0 Å². The molecule has 2 aromatic carbocycles. The smallest absolute Gasteiger partial charge is 0.267 e. The highest BCUT2D eigenvalue weighted by Crippen LogP contribution is 2.39. The van der Waals surface area contributed by atoms with Crippen molar-refractivity contribution in [3.63, 3.8) is 0 Å². The zero-order valence-corrected chi connectivity index (χ0v) is 17.5. The summed E-state index contributed by atoms with van der Waals surface area (Å²) in [5, 5.41) is 4.25. The van der Waals surface area contributed by atoms with Crippen LogP contribution in [0, 0.1) is 0 Å². The van der Waals surface area contributed by atoms with E-state index in [1.54, 1.807) is 32.4 Å². The minimum Gasteiger partial charge on any atom is -0.497 e. The number of methoxy groups -OCH3 is 2. The van der Waals surface area contributed by atoms with Crippen LogP contribution in [0.25, 0.3) is 10.1 Å². The highest BCUT2D eigenvalue weighted by molar-refractivity contribution is 7.21. The summed E-state index contributed by atoms with van der Waals surface area (Å²) in [6, 6.07) is 11.4. The molecule has 0 saturated heterocycles. The summed E-state index contributed by atoms with van der Waals surface area (Å²) in [6.07, 6.45) is 0. The van der Waals surface area contributed by atoms with Crippen LogP contribution in [0.3, 0.4) is 0 Å². The van der Waals surface area contributed by atoms with E-state index in [1.165, 1.54) is 16.9 Å². The summed E-state index contributed by atoms with van der Waals surface area (Å²) >= 11 is 7.90. The maximum Gasteiger partial charge on any atom is 0.267 e. The largest absolute Gasteiger partial charge is 0.497 e. The van der Waals surface area contributed by atoms with Crippen molar-refractivity contribution in [2.24, 2.45) is 0 Å². The third-order valence-corrected chi connectivity index (χ3v) is 6.01. The molecule has 0 saturated carbocycles. The molecule has 1 N–H and O–H groups in total. The molecule has 1 amide bonds. The summed E-state index contributed by atoms with van der Waals surface area (Å²) in [4.78, 5) is 13.3. The molecule has 142 valence electrons. The topological polar surface area (TPSA) is 47.6 Å². The lowest BCUT2D eigenvalue weighted by Gasteiger charge is -2.18. The first-order chi connectivity index (χ1) is 12.7. The van der Waals surface area contributed by atoms with Crippen molar-refractivity contribution in [1.82, 2.24) is 0 Å². The first kappa shape index (κ1) is 19.5. The van der Waals surface area contributed by atoms with E-state index in [9.17, 15) is 4.79 Å². The van der Waals surface area contributed by atoms with Crippen molar-refractivity contribution in [2.75, 3.05) is 19.5 Å². The number of thiophene rings is 1. The fourth-order valence-electron chi connectivity index (χ4n) is 2.76. The minimum absolute atomic E-state index is 0.0313. The average molecular weight is 404 g/mol. The molecule has 1 heterocycles. The molecule has 0 aliphatic rings. The normalized spacial score (nSPS) is 11.5. The number of carbonyl (C=O) groups is 1. The van der Waals surface area contributed by atoms with Crippen molar-refractivity contribution in [3.05, 3.63) is 51.9 Å². The number of hydrogen-bond donors (Lipinski definition) is 1. The molecule has 1 aromatic heterocycles.